The van der Waals surface area contributed by atoms with Crippen molar-refractivity contribution in [3.05, 3.63) is 29.6 Å². The molecule has 0 aliphatic carbocycles. The molecule has 0 aliphatic heterocycles. The van der Waals surface area contributed by atoms with E-state index in [0.29, 0.717) is 18.7 Å². The maximum atomic E-state index is 11.1. The zero-order valence-corrected chi connectivity index (χ0v) is 9.90. The molecule has 0 aromatic carbocycles. The summed E-state index contributed by atoms with van der Waals surface area (Å²) in [6, 6.07) is 5.35. The van der Waals surface area contributed by atoms with Crippen LogP contribution in [0, 0.1) is 11.3 Å². The molecule has 5 nitrogen and oxygen atoms in total. The van der Waals surface area contributed by atoms with Gasteiger partial charge in [-0.3, -0.25) is 10.1 Å². The van der Waals surface area contributed by atoms with Crippen molar-refractivity contribution in [1.82, 2.24) is 10.3 Å². The Balaban J connectivity index is 2.73. The van der Waals surface area contributed by atoms with Crippen molar-refractivity contribution in [3.63, 3.8) is 0 Å². The van der Waals surface area contributed by atoms with E-state index in [1.807, 2.05) is 13.0 Å². The fourth-order valence-electron chi connectivity index (χ4n) is 1.29. The van der Waals surface area contributed by atoms with Gasteiger partial charge in [-0.1, -0.05) is 6.92 Å². The Bertz CT molecular complexity index is 453. The molecule has 0 saturated heterocycles. The smallest absolute Gasteiger partial charge is 0.323 e. The SMILES string of the molecule is CCC(C)(NCc1ccnc(C#N)c1)C(=O)O. The van der Waals surface area contributed by atoms with Gasteiger partial charge in [0.25, 0.3) is 0 Å². The molecule has 0 radical (unpaired) electrons. The number of aromatic nitrogens is 1. The van der Waals surface area contributed by atoms with E-state index in [4.69, 9.17) is 10.4 Å². The number of carbonyl (C=O) groups is 1. The highest BCUT2D eigenvalue weighted by Crippen LogP contribution is 2.11. The number of hydrogen-bond donors (Lipinski definition) is 2. The lowest BCUT2D eigenvalue weighted by Gasteiger charge is -2.24. The van der Waals surface area contributed by atoms with Gasteiger partial charge in [-0.2, -0.15) is 5.26 Å². The van der Waals surface area contributed by atoms with E-state index < -0.39 is 11.5 Å². The molecule has 90 valence electrons. The van der Waals surface area contributed by atoms with E-state index >= 15 is 0 Å². The minimum atomic E-state index is -0.948. The summed E-state index contributed by atoms with van der Waals surface area (Å²) in [5, 5.41) is 20.8. The van der Waals surface area contributed by atoms with E-state index in [9.17, 15) is 4.79 Å². The summed E-state index contributed by atoms with van der Waals surface area (Å²) < 4.78 is 0. The molecule has 1 rings (SSSR count). The average Bonchev–Trinajstić information content (AvgIpc) is 2.36. The van der Waals surface area contributed by atoms with Crippen LogP contribution in [0.2, 0.25) is 0 Å². The first kappa shape index (κ1) is 13.1. The molecule has 1 atom stereocenters. The van der Waals surface area contributed by atoms with Crippen LogP contribution >= 0.6 is 0 Å². The molecule has 1 heterocycles. The number of carboxylic acid groups (broad SMARTS) is 1. The van der Waals surface area contributed by atoms with Crippen molar-refractivity contribution >= 4 is 5.97 Å². The highest BCUT2D eigenvalue weighted by molar-refractivity contribution is 5.78. The van der Waals surface area contributed by atoms with Crippen molar-refractivity contribution in [2.75, 3.05) is 0 Å². The van der Waals surface area contributed by atoms with Crippen LogP contribution in [-0.2, 0) is 11.3 Å². The zero-order valence-electron chi connectivity index (χ0n) is 9.90. The van der Waals surface area contributed by atoms with Gasteiger partial charge in [-0.25, -0.2) is 4.98 Å². The van der Waals surface area contributed by atoms with Crippen LogP contribution in [-0.4, -0.2) is 21.6 Å². The maximum Gasteiger partial charge on any atom is 0.323 e. The maximum absolute atomic E-state index is 11.1. The minimum Gasteiger partial charge on any atom is -0.480 e. The Morgan fingerprint density at radius 2 is 2.41 bits per heavy atom. The molecule has 0 amide bonds. The molecule has 1 aromatic rings. The van der Waals surface area contributed by atoms with Crippen molar-refractivity contribution in [2.45, 2.75) is 32.4 Å². The summed E-state index contributed by atoms with van der Waals surface area (Å²) in [7, 11) is 0. The van der Waals surface area contributed by atoms with Crippen LogP contribution in [0.5, 0.6) is 0 Å². The van der Waals surface area contributed by atoms with Gasteiger partial charge in [0.1, 0.15) is 17.3 Å². The number of nitrogens with zero attached hydrogens (tertiary/aromatic N) is 2. The molecular weight excluding hydrogens is 218 g/mol. The highest BCUT2D eigenvalue weighted by Gasteiger charge is 2.29. The lowest BCUT2D eigenvalue weighted by molar-refractivity contribution is -0.144. The average molecular weight is 233 g/mol. The van der Waals surface area contributed by atoms with Gasteiger partial charge in [-0.05, 0) is 31.0 Å². The molecule has 5 heteroatoms. The first-order valence-corrected chi connectivity index (χ1v) is 5.35. The second kappa shape index (κ2) is 5.41. The Morgan fingerprint density at radius 3 is 2.94 bits per heavy atom. The Labute approximate surface area is 100 Å². The quantitative estimate of drug-likeness (QED) is 0.800. The largest absolute Gasteiger partial charge is 0.480 e. The third kappa shape index (κ3) is 3.26. The summed E-state index contributed by atoms with van der Waals surface area (Å²) in [5.41, 5.74) is 0.228. The second-order valence-electron chi connectivity index (χ2n) is 4.01. The summed E-state index contributed by atoms with van der Waals surface area (Å²) in [5.74, 6) is -0.880. The molecule has 0 saturated carbocycles. The van der Waals surface area contributed by atoms with Crippen LogP contribution in [0.15, 0.2) is 18.3 Å². The molecule has 0 fully saturated rings. The zero-order chi connectivity index (χ0) is 12.9. The lowest BCUT2D eigenvalue weighted by Crippen LogP contribution is -2.48. The Kier molecular flexibility index (Phi) is 4.18. The predicted octanol–water partition coefficient (Wildman–Crippen LogP) is 1.30. The first-order chi connectivity index (χ1) is 8.01. The standard InChI is InChI=1S/C12H15N3O2/c1-3-12(2,11(16)17)15-8-9-4-5-14-10(6-9)7-13/h4-6,15H,3,8H2,1-2H3,(H,16,17). The summed E-state index contributed by atoms with van der Waals surface area (Å²) in [6.45, 7) is 3.85. The Hall–Kier alpha value is -1.93. The van der Waals surface area contributed by atoms with Crippen molar-refractivity contribution in [2.24, 2.45) is 0 Å². The molecule has 1 aromatic heterocycles. The van der Waals surface area contributed by atoms with Gasteiger partial charge in [0.05, 0.1) is 0 Å². The lowest BCUT2D eigenvalue weighted by atomic mass is 9.99. The fraction of sp³-hybridized carbons (Fsp3) is 0.417. The van der Waals surface area contributed by atoms with Gasteiger partial charge in [0.15, 0.2) is 0 Å². The van der Waals surface area contributed by atoms with Gasteiger partial charge in [0, 0.05) is 12.7 Å². The monoisotopic (exact) mass is 233 g/mol. The number of nitrogens with one attached hydrogen (secondary N) is 1. The molecule has 0 aliphatic rings. The summed E-state index contributed by atoms with van der Waals surface area (Å²) >= 11 is 0. The van der Waals surface area contributed by atoms with Crippen molar-refractivity contribution in [1.29, 1.82) is 5.26 Å². The normalized spacial score (nSPS) is 13.7. The van der Waals surface area contributed by atoms with E-state index in [-0.39, 0.29) is 0 Å². The predicted molar refractivity (Wildman–Crippen MR) is 62.1 cm³/mol. The third-order valence-corrected chi connectivity index (χ3v) is 2.80. The van der Waals surface area contributed by atoms with E-state index in [1.165, 1.54) is 0 Å². The summed E-state index contributed by atoms with van der Waals surface area (Å²) in [6.07, 6.45) is 2.03. The molecule has 2 N–H and O–H groups in total. The number of pyridine rings is 1. The molecule has 0 spiro atoms. The molecule has 0 bridgehead atoms. The van der Waals surface area contributed by atoms with Crippen LogP contribution in [0.25, 0.3) is 0 Å². The van der Waals surface area contributed by atoms with Gasteiger partial charge >= 0.3 is 5.97 Å². The topological polar surface area (TPSA) is 86.0 Å². The third-order valence-electron chi connectivity index (χ3n) is 2.80. The van der Waals surface area contributed by atoms with Gasteiger partial charge in [-0.15, -0.1) is 0 Å². The van der Waals surface area contributed by atoms with Crippen LogP contribution in [0.1, 0.15) is 31.5 Å². The van der Waals surface area contributed by atoms with E-state index in [0.717, 1.165) is 5.56 Å². The highest BCUT2D eigenvalue weighted by atomic mass is 16.4. The van der Waals surface area contributed by atoms with Crippen LogP contribution in [0.3, 0.4) is 0 Å². The fourth-order valence-corrected chi connectivity index (χ4v) is 1.29. The minimum absolute atomic E-state index is 0.331. The second-order valence-corrected chi connectivity index (χ2v) is 4.01. The number of carboxylic acids is 1. The van der Waals surface area contributed by atoms with Gasteiger partial charge in [0.2, 0.25) is 0 Å². The molecule has 17 heavy (non-hydrogen) atoms. The van der Waals surface area contributed by atoms with E-state index in [1.54, 1.807) is 25.3 Å². The number of rotatable bonds is 5. The van der Waals surface area contributed by atoms with Crippen LogP contribution < -0.4 is 5.32 Å². The van der Waals surface area contributed by atoms with Crippen molar-refractivity contribution < 1.29 is 9.90 Å². The van der Waals surface area contributed by atoms with Crippen LogP contribution in [0.4, 0.5) is 0 Å². The van der Waals surface area contributed by atoms with Crippen molar-refractivity contribution in [3.8, 4) is 6.07 Å². The Morgan fingerprint density at radius 1 is 1.71 bits per heavy atom. The summed E-state index contributed by atoms with van der Waals surface area (Å²) in [4.78, 5) is 14.9. The van der Waals surface area contributed by atoms with Gasteiger partial charge < -0.3 is 5.11 Å². The number of nitriles is 1. The van der Waals surface area contributed by atoms with E-state index in [2.05, 4.69) is 10.3 Å². The molecule has 1 unspecified atom stereocenters. The first-order valence-electron chi connectivity index (χ1n) is 5.35. The number of aliphatic carboxylic acids is 1. The molecular formula is C12H15N3O2. The number of hydrogen-bond acceptors (Lipinski definition) is 4.